The van der Waals surface area contributed by atoms with E-state index in [0.29, 0.717) is 15.7 Å². The highest BCUT2D eigenvalue weighted by atomic mass is 35.5. The molecule has 0 saturated carbocycles. The zero-order valence-electron chi connectivity index (χ0n) is 12.0. The molecule has 0 aliphatic heterocycles. The van der Waals surface area contributed by atoms with Gasteiger partial charge in [0.05, 0.1) is 6.10 Å². The number of carbonyl (C=O) groups is 2. The lowest BCUT2D eigenvalue weighted by atomic mass is 9.89. The summed E-state index contributed by atoms with van der Waals surface area (Å²) in [7, 11) is 0. The van der Waals surface area contributed by atoms with Gasteiger partial charge >= 0.3 is 11.8 Å². The standard InChI is InChI=1S/C14H18Cl2N2O3/c1-14(2,3)11(19)7-17-12(20)13(21)18-10-5-8(15)4-9(16)6-10/h4-6,11,19H,7H2,1-3H3,(H,17,20)(H,18,21)/t11-/m1/s1. The van der Waals surface area contributed by atoms with E-state index in [1.165, 1.54) is 18.2 Å². The third-order valence-electron chi connectivity index (χ3n) is 2.78. The van der Waals surface area contributed by atoms with Crippen molar-refractivity contribution >= 4 is 40.7 Å². The molecule has 2 amide bonds. The lowest BCUT2D eigenvalue weighted by molar-refractivity contribution is -0.136. The second-order valence-corrected chi connectivity index (χ2v) is 6.58. The fourth-order valence-electron chi connectivity index (χ4n) is 1.39. The Balaban J connectivity index is 2.57. The van der Waals surface area contributed by atoms with Gasteiger partial charge in [0.15, 0.2) is 0 Å². The first-order chi connectivity index (χ1) is 9.59. The molecule has 1 atom stereocenters. The number of halogens is 2. The van der Waals surface area contributed by atoms with Crippen molar-refractivity contribution in [1.82, 2.24) is 5.32 Å². The van der Waals surface area contributed by atoms with Crippen LogP contribution in [-0.2, 0) is 9.59 Å². The molecule has 0 aliphatic rings. The molecule has 0 unspecified atom stereocenters. The summed E-state index contributed by atoms with van der Waals surface area (Å²) in [4.78, 5) is 23.4. The summed E-state index contributed by atoms with van der Waals surface area (Å²) in [6.07, 6.45) is -0.755. The predicted octanol–water partition coefficient (Wildman–Crippen LogP) is 2.46. The SMILES string of the molecule is CC(C)(C)[C@H](O)CNC(=O)C(=O)Nc1cc(Cl)cc(Cl)c1. The molecular formula is C14H18Cl2N2O3. The molecule has 1 aromatic carbocycles. The first kappa shape index (κ1) is 17.8. The summed E-state index contributed by atoms with van der Waals surface area (Å²) in [5, 5.41) is 15.3. The maximum atomic E-state index is 11.7. The van der Waals surface area contributed by atoms with Gasteiger partial charge in [-0.1, -0.05) is 44.0 Å². The van der Waals surface area contributed by atoms with Crippen molar-refractivity contribution in [3.8, 4) is 0 Å². The van der Waals surface area contributed by atoms with Crippen LogP contribution in [0.2, 0.25) is 10.0 Å². The monoisotopic (exact) mass is 332 g/mol. The van der Waals surface area contributed by atoms with E-state index in [4.69, 9.17) is 23.2 Å². The van der Waals surface area contributed by atoms with Crippen LogP contribution in [0.5, 0.6) is 0 Å². The van der Waals surface area contributed by atoms with E-state index in [0.717, 1.165) is 0 Å². The highest BCUT2D eigenvalue weighted by Gasteiger charge is 2.23. The molecule has 0 heterocycles. The van der Waals surface area contributed by atoms with Gasteiger partial charge in [-0.05, 0) is 23.6 Å². The van der Waals surface area contributed by atoms with Crippen molar-refractivity contribution in [2.45, 2.75) is 26.9 Å². The highest BCUT2D eigenvalue weighted by Crippen LogP contribution is 2.22. The summed E-state index contributed by atoms with van der Waals surface area (Å²) >= 11 is 11.6. The van der Waals surface area contributed by atoms with E-state index in [1.54, 1.807) is 0 Å². The van der Waals surface area contributed by atoms with E-state index in [2.05, 4.69) is 10.6 Å². The first-order valence-corrected chi connectivity index (χ1v) is 7.08. The van der Waals surface area contributed by atoms with Crippen LogP contribution in [0.4, 0.5) is 5.69 Å². The number of carbonyl (C=O) groups excluding carboxylic acids is 2. The summed E-state index contributed by atoms with van der Waals surface area (Å²) in [6, 6.07) is 4.46. The molecule has 116 valence electrons. The Labute approximate surface area is 133 Å². The van der Waals surface area contributed by atoms with Crippen LogP contribution in [0.25, 0.3) is 0 Å². The number of hydrogen-bond acceptors (Lipinski definition) is 3. The average molecular weight is 333 g/mol. The third-order valence-corrected chi connectivity index (χ3v) is 3.22. The summed E-state index contributed by atoms with van der Waals surface area (Å²) in [5.74, 6) is -1.69. The fraction of sp³-hybridized carbons (Fsp3) is 0.429. The minimum Gasteiger partial charge on any atom is -0.391 e. The van der Waals surface area contributed by atoms with Gasteiger partial charge in [0, 0.05) is 22.3 Å². The number of nitrogens with one attached hydrogen (secondary N) is 2. The van der Waals surface area contributed by atoms with E-state index >= 15 is 0 Å². The Bertz CT molecular complexity index is 521. The Morgan fingerprint density at radius 3 is 2.14 bits per heavy atom. The van der Waals surface area contributed by atoms with Crippen molar-refractivity contribution in [2.24, 2.45) is 5.41 Å². The number of aliphatic hydroxyl groups is 1. The zero-order chi connectivity index (χ0) is 16.2. The van der Waals surface area contributed by atoms with Crippen LogP contribution in [0, 0.1) is 5.41 Å². The van der Waals surface area contributed by atoms with Gasteiger partial charge in [0.25, 0.3) is 0 Å². The third kappa shape index (κ3) is 5.91. The van der Waals surface area contributed by atoms with Crippen LogP contribution in [-0.4, -0.2) is 29.6 Å². The molecule has 0 aliphatic carbocycles. The van der Waals surface area contributed by atoms with Crippen molar-refractivity contribution in [3.63, 3.8) is 0 Å². The van der Waals surface area contributed by atoms with E-state index in [1.807, 2.05) is 20.8 Å². The molecule has 0 saturated heterocycles. The van der Waals surface area contributed by atoms with Gasteiger partial charge in [-0.3, -0.25) is 9.59 Å². The van der Waals surface area contributed by atoms with Gasteiger partial charge in [0.1, 0.15) is 0 Å². The van der Waals surface area contributed by atoms with E-state index < -0.39 is 17.9 Å². The molecular weight excluding hydrogens is 315 g/mol. The van der Waals surface area contributed by atoms with Crippen molar-refractivity contribution in [1.29, 1.82) is 0 Å². The summed E-state index contributed by atoms with van der Waals surface area (Å²) < 4.78 is 0. The molecule has 7 heteroatoms. The lowest BCUT2D eigenvalue weighted by Gasteiger charge is -2.25. The highest BCUT2D eigenvalue weighted by molar-refractivity contribution is 6.40. The van der Waals surface area contributed by atoms with Gasteiger partial charge in [-0.25, -0.2) is 0 Å². The molecule has 3 N–H and O–H groups in total. The number of amides is 2. The molecule has 1 aromatic rings. The normalized spacial score (nSPS) is 12.7. The van der Waals surface area contributed by atoms with Crippen LogP contribution >= 0.6 is 23.2 Å². The Kier molecular flexibility index (Phi) is 6.01. The Morgan fingerprint density at radius 1 is 1.14 bits per heavy atom. The van der Waals surface area contributed by atoms with Gasteiger partial charge < -0.3 is 15.7 Å². The minimum atomic E-state index is -0.852. The van der Waals surface area contributed by atoms with Crippen molar-refractivity contribution in [2.75, 3.05) is 11.9 Å². The Morgan fingerprint density at radius 2 is 1.67 bits per heavy atom. The quantitative estimate of drug-likeness (QED) is 0.744. The molecule has 5 nitrogen and oxygen atoms in total. The number of benzene rings is 1. The molecule has 1 rings (SSSR count). The minimum absolute atomic E-state index is 0.00788. The number of hydrogen-bond donors (Lipinski definition) is 3. The van der Waals surface area contributed by atoms with E-state index in [9.17, 15) is 14.7 Å². The molecule has 0 fully saturated rings. The lowest BCUT2D eigenvalue weighted by Crippen LogP contribution is -2.43. The second-order valence-electron chi connectivity index (χ2n) is 5.70. The molecule has 0 bridgehead atoms. The maximum absolute atomic E-state index is 11.7. The summed E-state index contributed by atoms with van der Waals surface area (Å²) in [6.45, 7) is 5.49. The molecule has 0 radical (unpaired) electrons. The number of rotatable bonds is 3. The van der Waals surface area contributed by atoms with Crippen LogP contribution in [0.1, 0.15) is 20.8 Å². The van der Waals surface area contributed by atoms with Crippen LogP contribution in [0.15, 0.2) is 18.2 Å². The van der Waals surface area contributed by atoms with Crippen molar-refractivity contribution in [3.05, 3.63) is 28.2 Å². The van der Waals surface area contributed by atoms with Crippen LogP contribution in [0.3, 0.4) is 0 Å². The topological polar surface area (TPSA) is 78.4 Å². The van der Waals surface area contributed by atoms with E-state index in [-0.39, 0.29) is 12.0 Å². The van der Waals surface area contributed by atoms with Gasteiger partial charge in [-0.15, -0.1) is 0 Å². The van der Waals surface area contributed by atoms with Gasteiger partial charge in [0.2, 0.25) is 0 Å². The smallest absolute Gasteiger partial charge is 0.313 e. The maximum Gasteiger partial charge on any atom is 0.313 e. The van der Waals surface area contributed by atoms with Crippen LogP contribution < -0.4 is 10.6 Å². The fourth-order valence-corrected chi connectivity index (χ4v) is 1.92. The average Bonchev–Trinajstić information content (AvgIpc) is 2.32. The molecule has 21 heavy (non-hydrogen) atoms. The van der Waals surface area contributed by atoms with Crippen molar-refractivity contribution < 1.29 is 14.7 Å². The largest absolute Gasteiger partial charge is 0.391 e. The molecule has 0 aromatic heterocycles. The van der Waals surface area contributed by atoms with Gasteiger partial charge in [-0.2, -0.15) is 0 Å². The predicted molar refractivity (Wildman–Crippen MR) is 83.6 cm³/mol. The molecule has 0 spiro atoms. The second kappa shape index (κ2) is 7.11. The number of aliphatic hydroxyl groups excluding tert-OH is 1. The zero-order valence-corrected chi connectivity index (χ0v) is 13.5. The number of anilines is 1. The Hall–Kier alpha value is -1.30. The summed E-state index contributed by atoms with van der Waals surface area (Å²) in [5.41, 5.74) is -0.0615. The first-order valence-electron chi connectivity index (χ1n) is 6.33.